The molecule has 2 rings (SSSR count). The van der Waals surface area contributed by atoms with E-state index >= 15 is 0 Å². The highest BCUT2D eigenvalue weighted by atomic mass is 16.6. The van der Waals surface area contributed by atoms with E-state index in [2.05, 4.69) is 0 Å². The van der Waals surface area contributed by atoms with Gasteiger partial charge in [-0.15, -0.1) is 0 Å². The van der Waals surface area contributed by atoms with Crippen molar-refractivity contribution in [3.63, 3.8) is 0 Å². The van der Waals surface area contributed by atoms with Crippen molar-refractivity contribution in [2.24, 2.45) is 5.73 Å². The number of hydrogen-bond donors (Lipinski definition) is 1. The van der Waals surface area contributed by atoms with E-state index in [9.17, 15) is 4.79 Å². The van der Waals surface area contributed by atoms with Crippen LogP contribution in [0.2, 0.25) is 0 Å². The van der Waals surface area contributed by atoms with E-state index in [0.717, 1.165) is 23.5 Å². The lowest BCUT2D eigenvalue weighted by Gasteiger charge is -2.38. The molecular weight excluding hydrogens is 308 g/mol. The third kappa shape index (κ3) is 4.32. The molecule has 134 valence electrons. The molecule has 24 heavy (non-hydrogen) atoms. The molecule has 1 aliphatic heterocycles. The molecule has 0 aliphatic carbocycles. The van der Waals surface area contributed by atoms with Crippen molar-refractivity contribution in [2.45, 2.75) is 44.8 Å². The van der Waals surface area contributed by atoms with E-state index in [1.54, 1.807) is 19.1 Å². The Labute approximate surface area is 143 Å². The molecule has 6 nitrogen and oxygen atoms in total. The van der Waals surface area contributed by atoms with Crippen LogP contribution >= 0.6 is 0 Å². The molecule has 6 heteroatoms. The van der Waals surface area contributed by atoms with Crippen LogP contribution in [0.4, 0.5) is 4.79 Å². The minimum atomic E-state index is -0.506. The lowest BCUT2D eigenvalue weighted by Crippen LogP contribution is -2.50. The van der Waals surface area contributed by atoms with Gasteiger partial charge >= 0.3 is 6.09 Å². The lowest BCUT2D eigenvalue weighted by molar-refractivity contribution is 0.0186. The van der Waals surface area contributed by atoms with Crippen LogP contribution in [0.5, 0.6) is 11.5 Å². The number of hydrogen-bond acceptors (Lipinski definition) is 5. The number of nitrogens with two attached hydrogens (primary N) is 1. The zero-order chi connectivity index (χ0) is 17.9. The number of likely N-dealkylation sites (tertiary alicyclic amines) is 1. The first-order valence-electron chi connectivity index (χ1n) is 8.20. The fourth-order valence-electron chi connectivity index (χ4n) is 2.99. The van der Waals surface area contributed by atoms with Crippen LogP contribution in [0.15, 0.2) is 18.2 Å². The average Bonchev–Trinajstić information content (AvgIpc) is 2.52. The fraction of sp³-hybridized carbons (Fsp3) is 0.611. The first kappa shape index (κ1) is 18.4. The van der Waals surface area contributed by atoms with E-state index in [0.29, 0.717) is 13.1 Å². The van der Waals surface area contributed by atoms with Crippen LogP contribution in [-0.4, -0.2) is 49.9 Å². The van der Waals surface area contributed by atoms with Gasteiger partial charge in [0.2, 0.25) is 0 Å². The predicted octanol–water partition coefficient (Wildman–Crippen LogP) is 2.76. The highest BCUT2D eigenvalue weighted by Gasteiger charge is 2.33. The quantitative estimate of drug-likeness (QED) is 0.919. The minimum Gasteiger partial charge on any atom is -0.497 e. The molecular formula is C18H28N2O4. The Hall–Kier alpha value is -1.95. The molecule has 1 aromatic rings. The summed E-state index contributed by atoms with van der Waals surface area (Å²) in [5.74, 6) is 1.67. The molecule has 0 unspecified atom stereocenters. The van der Waals surface area contributed by atoms with Crippen molar-refractivity contribution in [3.05, 3.63) is 23.8 Å². The number of piperidine rings is 1. The van der Waals surface area contributed by atoms with Crippen molar-refractivity contribution < 1.29 is 19.0 Å². The fourth-order valence-corrected chi connectivity index (χ4v) is 2.99. The van der Waals surface area contributed by atoms with Gasteiger partial charge in [0.05, 0.1) is 14.2 Å². The molecule has 0 aromatic heterocycles. The summed E-state index contributed by atoms with van der Waals surface area (Å²) in [6, 6.07) is 5.53. The zero-order valence-corrected chi connectivity index (χ0v) is 15.2. The van der Waals surface area contributed by atoms with Gasteiger partial charge in [0.1, 0.15) is 17.1 Å². The van der Waals surface area contributed by atoms with Gasteiger partial charge < -0.3 is 24.8 Å². The summed E-state index contributed by atoms with van der Waals surface area (Å²) in [7, 11) is 3.28. The van der Waals surface area contributed by atoms with E-state index < -0.39 is 5.60 Å². The Morgan fingerprint density at radius 2 is 1.96 bits per heavy atom. The van der Waals surface area contributed by atoms with Gasteiger partial charge in [0.25, 0.3) is 0 Å². The lowest BCUT2D eigenvalue weighted by atomic mass is 9.85. The molecule has 1 saturated heterocycles. The maximum Gasteiger partial charge on any atom is 0.410 e. The number of rotatable bonds is 3. The number of carbonyl (C=O) groups is 1. The normalized spacial score (nSPS) is 21.3. The molecule has 2 atom stereocenters. The van der Waals surface area contributed by atoms with Crippen LogP contribution in [0, 0.1) is 0 Å². The van der Waals surface area contributed by atoms with Gasteiger partial charge in [-0.1, -0.05) is 0 Å². The predicted molar refractivity (Wildman–Crippen MR) is 92.7 cm³/mol. The summed E-state index contributed by atoms with van der Waals surface area (Å²) in [5.41, 5.74) is 6.89. The van der Waals surface area contributed by atoms with Crippen LogP contribution < -0.4 is 15.2 Å². The largest absolute Gasteiger partial charge is 0.497 e. The molecule has 1 fully saturated rings. The summed E-state index contributed by atoms with van der Waals surface area (Å²) in [6.45, 7) is 6.64. The maximum absolute atomic E-state index is 12.2. The zero-order valence-electron chi connectivity index (χ0n) is 15.2. The second-order valence-corrected chi connectivity index (χ2v) is 7.09. The average molecular weight is 336 g/mol. The molecule has 2 N–H and O–H groups in total. The number of amides is 1. The summed E-state index contributed by atoms with van der Waals surface area (Å²) < 4.78 is 16.2. The summed E-state index contributed by atoms with van der Waals surface area (Å²) in [4.78, 5) is 13.9. The summed E-state index contributed by atoms with van der Waals surface area (Å²) in [5, 5.41) is 0. The van der Waals surface area contributed by atoms with Gasteiger partial charge in [-0.2, -0.15) is 0 Å². The topological polar surface area (TPSA) is 74.0 Å². The van der Waals surface area contributed by atoms with E-state index in [1.165, 1.54) is 0 Å². The third-order valence-electron chi connectivity index (χ3n) is 4.15. The first-order chi connectivity index (χ1) is 11.2. The van der Waals surface area contributed by atoms with Gasteiger partial charge in [0.15, 0.2) is 0 Å². The van der Waals surface area contributed by atoms with Crippen LogP contribution in [0.3, 0.4) is 0 Å². The molecule has 1 aromatic carbocycles. The number of ether oxygens (including phenoxy) is 3. The highest BCUT2D eigenvalue weighted by Crippen LogP contribution is 2.36. The third-order valence-corrected chi connectivity index (χ3v) is 4.15. The molecule has 1 heterocycles. The Balaban J connectivity index is 2.13. The Morgan fingerprint density at radius 1 is 1.25 bits per heavy atom. The van der Waals surface area contributed by atoms with E-state index in [1.807, 2.05) is 39.0 Å². The second kappa shape index (κ2) is 7.30. The van der Waals surface area contributed by atoms with Gasteiger partial charge in [-0.3, -0.25) is 0 Å². The smallest absolute Gasteiger partial charge is 0.410 e. The van der Waals surface area contributed by atoms with Crippen molar-refractivity contribution >= 4 is 6.09 Å². The Bertz CT molecular complexity index is 583. The van der Waals surface area contributed by atoms with Crippen molar-refractivity contribution in [2.75, 3.05) is 27.3 Å². The first-order valence-corrected chi connectivity index (χ1v) is 8.20. The van der Waals surface area contributed by atoms with E-state index in [4.69, 9.17) is 19.9 Å². The van der Waals surface area contributed by atoms with Crippen molar-refractivity contribution in [1.82, 2.24) is 4.90 Å². The van der Waals surface area contributed by atoms with E-state index in [-0.39, 0.29) is 18.1 Å². The van der Waals surface area contributed by atoms with Crippen molar-refractivity contribution in [1.29, 1.82) is 0 Å². The maximum atomic E-state index is 12.2. The molecule has 1 aliphatic rings. The van der Waals surface area contributed by atoms with Gasteiger partial charge in [-0.05, 0) is 45.4 Å². The number of benzene rings is 1. The number of nitrogens with zero attached hydrogens (tertiary/aromatic N) is 1. The monoisotopic (exact) mass is 336 g/mol. The highest BCUT2D eigenvalue weighted by molar-refractivity contribution is 5.68. The minimum absolute atomic E-state index is 0.105. The second-order valence-electron chi connectivity index (χ2n) is 7.09. The molecule has 0 radical (unpaired) electrons. The molecule has 0 saturated carbocycles. The Morgan fingerprint density at radius 3 is 2.50 bits per heavy atom. The summed E-state index contributed by atoms with van der Waals surface area (Å²) >= 11 is 0. The number of methoxy groups -OCH3 is 2. The van der Waals surface area contributed by atoms with Crippen LogP contribution in [0.25, 0.3) is 0 Å². The Kier molecular flexibility index (Phi) is 5.59. The molecule has 1 amide bonds. The molecule has 0 bridgehead atoms. The summed E-state index contributed by atoms with van der Waals surface area (Å²) in [6.07, 6.45) is 0.443. The van der Waals surface area contributed by atoms with Crippen molar-refractivity contribution in [3.8, 4) is 11.5 Å². The number of carbonyl (C=O) groups excluding carboxylic acids is 1. The molecule has 0 spiro atoms. The SMILES string of the molecule is COc1ccc(OC)c([C@@H]2CCN(C(=O)OC(C)(C)C)C[C@H]2N)c1. The van der Waals surface area contributed by atoms with Crippen LogP contribution in [0.1, 0.15) is 38.7 Å². The standard InChI is InChI=1S/C18H28N2O4/c1-18(2,3)24-17(21)20-9-8-13(15(19)11-20)14-10-12(22-4)6-7-16(14)23-5/h6-7,10,13,15H,8-9,11,19H2,1-5H3/t13-,15+/m0/s1. The van der Waals surface area contributed by atoms with Gasteiger partial charge in [0, 0.05) is 30.6 Å². The van der Waals surface area contributed by atoms with Crippen LogP contribution in [-0.2, 0) is 4.74 Å². The van der Waals surface area contributed by atoms with Gasteiger partial charge in [-0.25, -0.2) is 4.79 Å².